The van der Waals surface area contributed by atoms with Crippen LogP contribution in [0.3, 0.4) is 0 Å². The maximum atomic E-state index is 12.6. The van der Waals surface area contributed by atoms with E-state index in [4.69, 9.17) is 9.52 Å². The molecule has 0 atom stereocenters. The average molecular weight is 492 g/mol. The van der Waals surface area contributed by atoms with Crippen LogP contribution in [0.5, 0.6) is 0 Å². The van der Waals surface area contributed by atoms with E-state index in [9.17, 15) is 4.79 Å². The molecule has 154 valence electrons. The Hall–Kier alpha value is -1.39. The summed E-state index contributed by atoms with van der Waals surface area (Å²) in [5, 5.41) is 10.4. The lowest BCUT2D eigenvalue weighted by molar-refractivity contribution is -0.138. The smallest absolute Gasteiger partial charge is 0.230 e. The molecule has 27 heavy (non-hydrogen) atoms. The van der Waals surface area contributed by atoms with E-state index in [1.54, 1.807) is 4.90 Å². The van der Waals surface area contributed by atoms with Gasteiger partial charge in [0.2, 0.25) is 11.8 Å². The summed E-state index contributed by atoms with van der Waals surface area (Å²) in [7, 11) is 3.66. The summed E-state index contributed by atoms with van der Waals surface area (Å²) in [6.45, 7) is 5.91. The van der Waals surface area contributed by atoms with E-state index in [2.05, 4.69) is 20.8 Å². The van der Waals surface area contributed by atoms with Gasteiger partial charge in [0, 0.05) is 33.6 Å². The molecule has 1 aromatic heterocycles. The van der Waals surface area contributed by atoms with Crippen molar-refractivity contribution in [2.75, 3.05) is 33.7 Å². The van der Waals surface area contributed by atoms with Gasteiger partial charge >= 0.3 is 0 Å². The zero-order chi connectivity index (χ0) is 19.0. The highest BCUT2D eigenvalue weighted by atomic mass is 127. The summed E-state index contributed by atoms with van der Waals surface area (Å²) < 4.78 is 5.12. The molecular formula is C18H33IN6O2. The summed E-state index contributed by atoms with van der Waals surface area (Å²) in [5.41, 5.74) is -0.340. The van der Waals surface area contributed by atoms with E-state index >= 15 is 0 Å². The second-order valence-electron chi connectivity index (χ2n) is 7.15. The third-order valence-corrected chi connectivity index (χ3v) is 4.73. The van der Waals surface area contributed by atoms with Crippen molar-refractivity contribution in [1.29, 1.82) is 0 Å². The number of rotatable bonds is 8. The second kappa shape index (κ2) is 11.5. The van der Waals surface area contributed by atoms with Crippen LogP contribution in [-0.2, 0) is 11.2 Å². The molecule has 0 saturated heterocycles. The Morgan fingerprint density at radius 1 is 1.30 bits per heavy atom. The number of aliphatic imine (C=N–C) groups is 1. The second-order valence-corrected chi connectivity index (χ2v) is 7.15. The number of hydrogen-bond acceptors (Lipinski definition) is 5. The highest BCUT2D eigenvalue weighted by Crippen LogP contribution is 2.39. The van der Waals surface area contributed by atoms with Gasteiger partial charge in [0.05, 0.1) is 12.0 Å². The summed E-state index contributed by atoms with van der Waals surface area (Å²) in [6.07, 6.45) is 5.64. The number of nitrogens with one attached hydrogen (secondary N) is 2. The van der Waals surface area contributed by atoms with Crippen LogP contribution in [0.4, 0.5) is 0 Å². The first-order chi connectivity index (χ1) is 12.5. The van der Waals surface area contributed by atoms with Gasteiger partial charge in [-0.25, -0.2) is 0 Å². The van der Waals surface area contributed by atoms with Crippen LogP contribution in [0.25, 0.3) is 0 Å². The fourth-order valence-corrected chi connectivity index (χ4v) is 3.43. The number of aryl methyl sites for hydroxylation is 2. The average Bonchev–Trinajstić information content (AvgIpc) is 3.25. The predicted octanol–water partition coefficient (Wildman–Crippen LogP) is 2.13. The van der Waals surface area contributed by atoms with Crippen molar-refractivity contribution in [3.05, 3.63) is 11.7 Å². The van der Waals surface area contributed by atoms with Gasteiger partial charge in [0.15, 0.2) is 11.8 Å². The Balaban J connectivity index is 0.00000364. The van der Waals surface area contributed by atoms with E-state index in [0.717, 1.165) is 57.6 Å². The lowest BCUT2D eigenvalue weighted by atomic mass is 9.85. The molecule has 0 spiro atoms. The molecule has 2 rings (SSSR count). The fraction of sp³-hybridized carbons (Fsp3) is 0.778. The molecule has 0 aromatic carbocycles. The van der Waals surface area contributed by atoms with E-state index in [1.807, 2.05) is 27.9 Å². The largest absolute Gasteiger partial charge is 0.357 e. The number of carbonyl (C=O) groups is 1. The van der Waals surface area contributed by atoms with Crippen molar-refractivity contribution in [3.63, 3.8) is 0 Å². The third-order valence-electron chi connectivity index (χ3n) is 4.73. The first-order valence-electron chi connectivity index (χ1n) is 9.50. The van der Waals surface area contributed by atoms with Gasteiger partial charge in [-0.2, -0.15) is 4.98 Å². The molecule has 9 heteroatoms. The zero-order valence-corrected chi connectivity index (χ0v) is 19.2. The number of nitrogens with zero attached hydrogens (tertiary/aromatic N) is 4. The van der Waals surface area contributed by atoms with Crippen molar-refractivity contribution in [3.8, 4) is 0 Å². The third kappa shape index (κ3) is 6.93. The predicted molar refractivity (Wildman–Crippen MR) is 116 cm³/mol. The molecule has 1 saturated carbocycles. The molecular weight excluding hydrogens is 459 g/mol. The molecule has 2 N–H and O–H groups in total. The number of amides is 1. The van der Waals surface area contributed by atoms with Crippen LogP contribution in [0.1, 0.15) is 50.7 Å². The molecule has 1 aliphatic carbocycles. The van der Waals surface area contributed by atoms with Crippen molar-refractivity contribution < 1.29 is 9.32 Å². The maximum Gasteiger partial charge on any atom is 0.230 e. The minimum atomic E-state index is -0.340. The summed E-state index contributed by atoms with van der Waals surface area (Å²) in [5.74, 6) is 2.27. The molecule has 0 aliphatic heterocycles. The summed E-state index contributed by atoms with van der Waals surface area (Å²) in [6, 6.07) is 0. The Morgan fingerprint density at radius 2 is 2.00 bits per heavy atom. The monoisotopic (exact) mass is 492 g/mol. The summed E-state index contributed by atoms with van der Waals surface area (Å²) >= 11 is 0. The normalized spacial score (nSPS) is 15.9. The van der Waals surface area contributed by atoms with Crippen molar-refractivity contribution in [2.24, 2.45) is 10.4 Å². The minimum absolute atomic E-state index is 0. The zero-order valence-electron chi connectivity index (χ0n) is 16.9. The molecule has 0 unspecified atom stereocenters. The highest BCUT2D eigenvalue weighted by molar-refractivity contribution is 14.0. The fourth-order valence-electron chi connectivity index (χ4n) is 3.43. The summed E-state index contributed by atoms with van der Waals surface area (Å²) in [4.78, 5) is 23.3. The van der Waals surface area contributed by atoms with Crippen LogP contribution in [-0.4, -0.2) is 60.6 Å². The van der Waals surface area contributed by atoms with Crippen molar-refractivity contribution in [1.82, 2.24) is 25.7 Å². The van der Waals surface area contributed by atoms with Crippen molar-refractivity contribution >= 4 is 35.8 Å². The number of halogens is 1. The van der Waals surface area contributed by atoms with Gasteiger partial charge in [-0.1, -0.05) is 18.0 Å². The van der Waals surface area contributed by atoms with E-state index in [1.165, 1.54) is 0 Å². The molecule has 0 radical (unpaired) electrons. The minimum Gasteiger partial charge on any atom is -0.357 e. The van der Waals surface area contributed by atoms with Gasteiger partial charge in [-0.15, -0.1) is 24.0 Å². The molecule has 0 bridgehead atoms. The SMILES string of the molecule is CCNC(=NCC1(C(=O)N(C)C)CCCC1)NCCCc1nc(C)no1.I. The quantitative estimate of drug-likeness (QED) is 0.250. The van der Waals surface area contributed by atoms with Crippen molar-refractivity contribution in [2.45, 2.75) is 52.4 Å². The Labute approximate surface area is 179 Å². The lowest BCUT2D eigenvalue weighted by Gasteiger charge is -2.29. The first kappa shape index (κ1) is 23.6. The van der Waals surface area contributed by atoms with Crippen LogP contribution in [0.15, 0.2) is 9.52 Å². The van der Waals surface area contributed by atoms with Crippen LogP contribution < -0.4 is 10.6 Å². The molecule has 1 amide bonds. The van der Waals surface area contributed by atoms with Gasteiger partial charge in [-0.3, -0.25) is 9.79 Å². The van der Waals surface area contributed by atoms with Crippen LogP contribution >= 0.6 is 24.0 Å². The van der Waals surface area contributed by atoms with E-state index in [0.29, 0.717) is 18.3 Å². The van der Waals surface area contributed by atoms with Gasteiger partial charge in [0.1, 0.15) is 0 Å². The number of hydrogen-bond donors (Lipinski definition) is 2. The first-order valence-corrected chi connectivity index (χ1v) is 9.50. The highest BCUT2D eigenvalue weighted by Gasteiger charge is 2.42. The Bertz CT molecular complexity index is 611. The number of carbonyl (C=O) groups excluding carboxylic acids is 1. The maximum absolute atomic E-state index is 12.6. The molecule has 1 aliphatic rings. The van der Waals surface area contributed by atoms with Gasteiger partial charge in [-0.05, 0) is 33.1 Å². The van der Waals surface area contributed by atoms with Crippen LogP contribution in [0.2, 0.25) is 0 Å². The lowest BCUT2D eigenvalue weighted by Crippen LogP contribution is -2.43. The molecule has 1 fully saturated rings. The topological polar surface area (TPSA) is 95.7 Å². The standard InChI is InChI=1S/C18H32N6O2.HI/c1-5-19-17(20-12-8-9-15-22-14(2)23-26-15)21-13-18(10-6-7-11-18)16(25)24(3)4;/h5-13H2,1-4H3,(H2,19,20,21);1H. The van der Waals surface area contributed by atoms with Crippen LogP contribution in [0, 0.1) is 12.3 Å². The van der Waals surface area contributed by atoms with E-state index < -0.39 is 0 Å². The Kier molecular flexibility index (Phi) is 10.0. The van der Waals surface area contributed by atoms with E-state index in [-0.39, 0.29) is 35.3 Å². The molecule has 1 heterocycles. The Morgan fingerprint density at radius 3 is 2.56 bits per heavy atom. The molecule has 1 aromatic rings. The van der Waals surface area contributed by atoms with Gasteiger partial charge < -0.3 is 20.1 Å². The number of aromatic nitrogens is 2. The van der Waals surface area contributed by atoms with Gasteiger partial charge in [0.25, 0.3) is 0 Å². The number of guanidine groups is 1. The molecule has 8 nitrogen and oxygen atoms in total.